The van der Waals surface area contributed by atoms with Gasteiger partial charge in [-0.05, 0) is 24.8 Å². The Balaban J connectivity index is 1.88. The molecule has 0 fully saturated rings. The number of nitrogens with zero attached hydrogens (tertiary/aromatic N) is 1. The molecule has 4 rings (SSSR count). The summed E-state index contributed by atoms with van der Waals surface area (Å²) in [6, 6.07) is 19.0. The molecule has 2 heteroatoms. The van der Waals surface area contributed by atoms with E-state index < -0.39 is 0 Å². The smallest absolute Gasteiger partial charge is 0.138 e. The van der Waals surface area contributed by atoms with E-state index in [9.17, 15) is 0 Å². The molecule has 0 bridgehead atoms. The van der Waals surface area contributed by atoms with Gasteiger partial charge in [-0.1, -0.05) is 54.6 Å². The first-order valence-corrected chi connectivity index (χ1v) is 7.14. The first-order valence-electron chi connectivity index (χ1n) is 7.14. The summed E-state index contributed by atoms with van der Waals surface area (Å²) < 4.78 is 0. The zero-order chi connectivity index (χ0) is 13.4. The van der Waals surface area contributed by atoms with Crippen molar-refractivity contribution in [1.29, 1.82) is 0 Å². The summed E-state index contributed by atoms with van der Waals surface area (Å²) >= 11 is 0. The molecule has 0 spiro atoms. The van der Waals surface area contributed by atoms with Gasteiger partial charge in [-0.25, -0.2) is 4.98 Å². The van der Waals surface area contributed by atoms with Crippen LogP contribution >= 0.6 is 0 Å². The van der Waals surface area contributed by atoms with Crippen LogP contribution in [0.2, 0.25) is 0 Å². The van der Waals surface area contributed by atoms with Gasteiger partial charge in [-0.2, -0.15) is 0 Å². The van der Waals surface area contributed by atoms with Gasteiger partial charge in [0.15, 0.2) is 0 Å². The Morgan fingerprint density at radius 3 is 2.55 bits per heavy atom. The molecule has 1 aromatic heterocycles. The lowest BCUT2D eigenvalue weighted by Crippen LogP contribution is -1.88. The summed E-state index contributed by atoms with van der Waals surface area (Å²) in [6.07, 6.45) is 3.39. The first kappa shape index (κ1) is 11.5. The molecule has 0 aliphatic heterocycles. The monoisotopic (exact) mass is 260 g/mol. The van der Waals surface area contributed by atoms with Crippen molar-refractivity contribution in [3.8, 4) is 22.6 Å². The maximum atomic E-state index is 4.87. The van der Waals surface area contributed by atoms with Crippen molar-refractivity contribution in [3.63, 3.8) is 0 Å². The molecule has 1 aliphatic rings. The number of aromatic nitrogens is 2. The number of aromatic amines is 1. The number of hydrogen-bond donors (Lipinski definition) is 1. The van der Waals surface area contributed by atoms with Gasteiger partial charge >= 0.3 is 0 Å². The SMILES string of the molecule is c1ccc(-c2nc3c([nH]2)CCCc2ccccc2-3)cc1. The van der Waals surface area contributed by atoms with Crippen LogP contribution in [0, 0.1) is 0 Å². The van der Waals surface area contributed by atoms with Crippen LogP contribution in [0.5, 0.6) is 0 Å². The fourth-order valence-electron chi connectivity index (χ4n) is 2.97. The minimum atomic E-state index is 0.979. The number of H-pyrrole nitrogens is 1. The summed E-state index contributed by atoms with van der Waals surface area (Å²) in [7, 11) is 0. The van der Waals surface area contributed by atoms with Crippen molar-refractivity contribution in [2.45, 2.75) is 19.3 Å². The lowest BCUT2D eigenvalue weighted by atomic mass is 10.0. The topological polar surface area (TPSA) is 28.7 Å². The van der Waals surface area contributed by atoms with E-state index >= 15 is 0 Å². The second-order valence-corrected chi connectivity index (χ2v) is 5.29. The van der Waals surface area contributed by atoms with Crippen molar-refractivity contribution in [2.75, 3.05) is 0 Å². The normalized spacial score (nSPS) is 13.4. The molecule has 2 nitrogen and oxygen atoms in total. The summed E-state index contributed by atoms with van der Waals surface area (Å²) in [6.45, 7) is 0. The van der Waals surface area contributed by atoms with Gasteiger partial charge in [0.2, 0.25) is 0 Å². The fraction of sp³-hybridized carbons (Fsp3) is 0.167. The molecule has 0 atom stereocenters. The van der Waals surface area contributed by atoms with E-state index in [1.54, 1.807) is 0 Å². The van der Waals surface area contributed by atoms with Crippen LogP contribution in [0.4, 0.5) is 0 Å². The van der Waals surface area contributed by atoms with Crippen LogP contribution in [0.3, 0.4) is 0 Å². The third-order valence-corrected chi connectivity index (χ3v) is 3.97. The molecule has 0 radical (unpaired) electrons. The maximum Gasteiger partial charge on any atom is 0.138 e. The molecule has 1 aliphatic carbocycles. The predicted octanol–water partition coefficient (Wildman–Crippen LogP) is 4.23. The lowest BCUT2D eigenvalue weighted by molar-refractivity contribution is 0.818. The van der Waals surface area contributed by atoms with E-state index in [0.29, 0.717) is 0 Å². The molecule has 20 heavy (non-hydrogen) atoms. The molecule has 1 heterocycles. The third kappa shape index (κ3) is 1.85. The maximum absolute atomic E-state index is 4.87. The van der Waals surface area contributed by atoms with Gasteiger partial charge in [-0.3, -0.25) is 0 Å². The second-order valence-electron chi connectivity index (χ2n) is 5.29. The van der Waals surface area contributed by atoms with Gasteiger partial charge in [0.05, 0.1) is 5.69 Å². The average Bonchev–Trinajstić information content (AvgIpc) is 2.85. The van der Waals surface area contributed by atoms with Gasteiger partial charge in [0, 0.05) is 16.8 Å². The first-order chi connectivity index (χ1) is 9.92. The summed E-state index contributed by atoms with van der Waals surface area (Å²) in [5, 5.41) is 0. The highest BCUT2D eigenvalue weighted by atomic mass is 14.9. The Hall–Kier alpha value is -2.35. The van der Waals surface area contributed by atoms with Crippen LogP contribution in [-0.4, -0.2) is 9.97 Å². The molecular weight excluding hydrogens is 244 g/mol. The molecule has 0 unspecified atom stereocenters. The summed E-state index contributed by atoms with van der Waals surface area (Å²) in [4.78, 5) is 8.39. The number of hydrogen-bond acceptors (Lipinski definition) is 1. The molecule has 3 aromatic rings. The van der Waals surface area contributed by atoms with E-state index in [4.69, 9.17) is 4.98 Å². The average molecular weight is 260 g/mol. The molecular formula is C18H16N2. The van der Waals surface area contributed by atoms with Crippen molar-refractivity contribution in [3.05, 3.63) is 65.9 Å². The quantitative estimate of drug-likeness (QED) is 0.696. The van der Waals surface area contributed by atoms with Gasteiger partial charge in [-0.15, -0.1) is 0 Å². The zero-order valence-electron chi connectivity index (χ0n) is 11.3. The van der Waals surface area contributed by atoms with Crippen LogP contribution in [0.15, 0.2) is 54.6 Å². The van der Waals surface area contributed by atoms with Crippen molar-refractivity contribution < 1.29 is 0 Å². The van der Waals surface area contributed by atoms with Crippen LogP contribution < -0.4 is 0 Å². The van der Waals surface area contributed by atoms with Gasteiger partial charge in [0.1, 0.15) is 5.82 Å². The number of fused-ring (bicyclic) bond motifs is 3. The lowest BCUT2D eigenvalue weighted by Gasteiger charge is -2.03. The van der Waals surface area contributed by atoms with Crippen LogP contribution in [-0.2, 0) is 12.8 Å². The highest BCUT2D eigenvalue weighted by Crippen LogP contribution is 2.32. The Bertz CT molecular complexity index is 741. The largest absolute Gasteiger partial charge is 0.341 e. The molecule has 0 saturated carbocycles. The van der Waals surface area contributed by atoms with Gasteiger partial charge in [0.25, 0.3) is 0 Å². The molecule has 0 saturated heterocycles. The van der Waals surface area contributed by atoms with Crippen LogP contribution in [0.1, 0.15) is 17.7 Å². The molecule has 98 valence electrons. The Morgan fingerprint density at radius 1 is 0.850 bits per heavy atom. The standard InChI is InChI=1S/C18H16N2/c1-2-8-14(9-3-1)18-19-16-12-6-10-13-7-4-5-11-15(13)17(16)20-18/h1-5,7-9,11H,6,10,12H2,(H,19,20). The van der Waals surface area contributed by atoms with E-state index in [-0.39, 0.29) is 0 Å². The highest BCUT2D eigenvalue weighted by molar-refractivity contribution is 5.70. The molecule has 0 amide bonds. The minimum Gasteiger partial charge on any atom is -0.341 e. The van der Waals surface area contributed by atoms with Crippen molar-refractivity contribution >= 4 is 0 Å². The van der Waals surface area contributed by atoms with E-state index in [1.807, 2.05) is 6.07 Å². The molecule has 1 N–H and O–H groups in total. The Labute approximate surface area is 118 Å². The fourth-order valence-corrected chi connectivity index (χ4v) is 2.97. The number of rotatable bonds is 1. The van der Waals surface area contributed by atoms with Crippen molar-refractivity contribution in [1.82, 2.24) is 9.97 Å². The number of nitrogens with one attached hydrogen (secondary N) is 1. The number of aryl methyl sites for hydroxylation is 2. The van der Waals surface area contributed by atoms with Crippen LogP contribution in [0.25, 0.3) is 22.6 Å². The predicted molar refractivity (Wildman–Crippen MR) is 81.5 cm³/mol. The van der Waals surface area contributed by atoms with E-state index in [2.05, 4.69) is 53.5 Å². The molecule has 2 aromatic carbocycles. The van der Waals surface area contributed by atoms with Crippen molar-refractivity contribution in [2.24, 2.45) is 0 Å². The van der Waals surface area contributed by atoms with Gasteiger partial charge < -0.3 is 4.98 Å². The summed E-state index contributed by atoms with van der Waals surface area (Å²) in [5.74, 6) is 0.979. The summed E-state index contributed by atoms with van der Waals surface area (Å²) in [5.41, 5.74) is 6.26. The van der Waals surface area contributed by atoms with E-state index in [1.165, 1.54) is 23.2 Å². The third-order valence-electron chi connectivity index (χ3n) is 3.97. The Kier molecular flexibility index (Phi) is 2.66. The Morgan fingerprint density at radius 2 is 1.65 bits per heavy atom. The van der Waals surface area contributed by atoms with E-state index in [0.717, 1.165) is 29.9 Å². The number of imidazole rings is 1. The number of benzene rings is 2. The highest BCUT2D eigenvalue weighted by Gasteiger charge is 2.18. The zero-order valence-corrected chi connectivity index (χ0v) is 11.3. The second kappa shape index (κ2) is 4.64. The minimum absolute atomic E-state index is 0.979.